The Morgan fingerprint density at radius 1 is 1.30 bits per heavy atom. The van der Waals surface area contributed by atoms with Gasteiger partial charge in [-0.15, -0.1) is 0 Å². The first-order valence-corrected chi connectivity index (χ1v) is 6.44. The van der Waals surface area contributed by atoms with E-state index in [-0.39, 0.29) is 12.3 Å². The summed E-state index contributed by atoms with van der Waals surface area (Å²) in [6.45, 7) is 0. The summed E-state index contributed by atoms with van der Waals surface area (Å²) >= 11 is 5.83. The van der Waals surface area contributed by atoms with E-state index in [2.05, 4.69) is 5.32 Å². The highest BCUT2D eigenvalue weighted by Gasteiger charge is 2.06. The minimum Gasteiger partial charge on any atom is -0.497 e. The van der Waals surface area contributed by atoms with Gasteiger partial charge in [0, 0.05) is 5.69 Å². The standard InChI is InChI=1S/C15H15ClN2O2/c1-20-12-4-2-3-10(7-12)8-15(19)18-11-5-6-13(16)14(17)9-11/h2-7,9H,8,17H2,1H3,(H,18,19). The molecule has 0 fully saturated rings. The molecule has 0 saturated carbocycles. The Morgan fingerprint density at radius 3 is 2.80 bits per heavy atom. The maximum absolute atomic E-state index is 12.0. The van der Waals surface area contributed by atoms with Gasteiger partial charge in [-0.25, -0.2) is 0 Å². The number of amides is 1. The van der Waals surface area contributed by atoms with E-state index >= 15 is 0 Å². The van der Waals surface area contributed by atoms with E-state index in [4.69, 9.17) is 22.1 Å². The molecular formula is C15H15ClN2O2. The lowest BCUT2D eigenvalue weighted by atomic mass is 10.1. The minimum absolute atomic E-state index is 0.125. The molecule has 0 aliphatic heterocycles. The molecule has 0 atom stereocenters. The van der Waals surface area contributed by atoms with Gasteiger partial charge in [-0.05, 0) is 35.9 Å². The van der Waals surface area contributed by atoms with Crippen molar-refractivity contribution in [3.05, 3.63) is 53.1 Å². The molecule has 2 aromatic carbocycles. The third-order valence-corrected chi connectivity index (χ3v) is 3.12. The highest BCUT2D eigenvalue weighted by atomic mass is 35.5. The van der Waals surface area contributed by atoms with E-state index in [1.165, 1.54) is 0 Å². The number of halogens is 1. The Hall–Kier alpha value is -2.20. The molecule has 0 bridgehead atoms. The van der Waals surface area contributed by atoms with Gasteiger partial charge in [0.25, 0.3) is 0 Å². The fourth-order valence-corrected chi connectivity index (χ4v) is 1.91. The number of benzene rings is 2. The van der Waals surface area contributed by atoms with Crippen LogP contribution in [-0.4, -0.2) is 13.0 Å². The molecule has 2 aromatic rings. The smallest absolute Gasteiger partial charge is 0.228 e. The van der Waals surface area contributed by atoms with Crippen molar-refractivity contribution in [2.45, 2.75) is 6.42 Å². The van der Waals surface area contributed by atoms with Crippen LogP contribution in [0.2, 0.25) is 5.02 Å². The lowest BCUT2D eigenvalue weighted by molar-refractivity contribution is -0.115. The first-order chi connectivity index (χ1) is 9.58. The van der Waals surface area contributed by atoms with Gasteiger partial charge in [0.15, 0.2) is 0 Å². The molecule has 3 N–H and O–H groups in total. The number of anilines is 2. The van der Waals surface area contributed by atoms with Crippen LogP contribution in [0, 0.1) is 0 Å². The number of hydrogen-bond donors (Lipinski definition) is 2. The Kier molecular flexibility index (Phi) is 4.48. The molecule has 2 rings (SSSR count). The van der Waals surface area contributed by atoms with Crippen molar-refractivity contribution in [3.63, 3.8) is 0 Å². The molecule has 5 heteroatoms. The summed E-state index contributed by atoms with van der Waals surface area (Å²) < 4.78 is 5.12. The Labute approximate surface area is 122 Å². The fraction of sp³-hybridized carbons (Fsp3) is 0.133. The van der Waals surface area contributed by atoms with Crippen LogP contribution >= 0.6 is 11.6 Å². The predicted molar refractivity (Wildman–Crippen MR) is 81.2 cm³/mol. The SMILES string of the molecule is COc1cccc(CC(=O)Nc2ccc(Cl)c(N)c2)c1. The first-order valence-electron chi connectivity index (χ1n) is 6.06. The van der Waals surface area contributed by atoms with E-state index in [1.54, 1.807) is 25.3 Å². The highest BCUT2D eigenvalue weighted by Crippen LogP contribution is 2.22. The third-order valence-electron chi connectivity index (χ3n) is 2.78. The Bertz CT molecular complexity index is 629. The third kappa shape index (κ3) is 3.65. The molecule has 20 heavy (non-hydrogen) atoms. The van der Waals surface area contributed by atoms with Crippen LogP contribution in [0.1, 0.15) is 5.56 Å². The molecule has 0 unspecified atom stereocenters. The summed E-state index contributed by atoms with van der Waals surface area (Å²) in [5.41, 5.74) is 7.63. The van der Waals surface area contributed by atoms with Crippen LogP contribution in [0.15, 0.2) is 42.5 Å². The van der Waals surface area contributed by atoms with Crippen molar-refractivity contribution in [2.75, 3.05) is 18.2 Å². The van der Waals surface area contributed by atoms with Crippen molar-refractivity contribution in [1.82, 2.24) is 0 Å². The number of hydrogen-bond acceptors (Lipinski definition) is 3. The van der Waals surface area contributed by atoms with Crippen molar-refractivity contribution in [2.24, 2.45) is 0 Å². The number of carbonyl (C=O) groups is 1. The van der Waals surface area contributed by atoms with Gasteiger partial charge in [0.2, 0.25) is 5.91 Å². The zero-order valence-corrected chi connectivity index (χ0v) is 11.8. The van der Waals surface area contributed by atoms with Gasteiger partial charge in [-0.2, -0.15) is 0 Å². The normalized spacial score (nSPS) is 10.1. The topological polar surface area (TPSA) is 64.3 Å². The van der Waals surface area contributed by atoms with Gasteiger partial charge < -0.3 is 15.8 Å². The summed E-state index contributed by atoms with van der Waals surface area (Å²) in [7, 11) is 1.59. The van der Waals surface area contributed by atoms with Crippen molar-refractivity contribution >= 4 is 28.9 Å². The summed E-state index contributed by atoms with van der Waals surface area (Å²) in [6, 6.07) is 12.4. The summed E-state index contributed by atoms with van der Waals surface area (Å²) in [6.07, 6.45) is 0.264. The van der Waals surface area contributed by atoms with Crippen LogP contribution in [0.3, 0.4) is 0 Å². The van der Waals surface area contributed by atoms with Crippen LogP contribution in [-0.2, 0) is 11.2 Å². The average Bonchev–Trinajstić information content (AvgIpc) is 2.43. The van der Waals surface area contributed by atoms with E-state index in [1.807, 2.05) is 24.3 Å². The number of nitrogens with two attached hydrogens (primary N) is 1. The number of nitrogen functional groups attached to an aromatic ring is 1. The molecule has 0 radical (unpaired) electrons. The quantitative estimate of drug-likeness (QED) is 0.850. The molecule has 0 spiro atoms. The van der Waals surface area contributed by atoms with E-state index in [9.17, 15) is 4.79 Å². The number of methoxy groups -OCH3 is 1. The van der Waals surface area contributed by atoms with Crippen LogP contribution < -0.4 is 15.8 Å². The Balaban J connectivity index is 2.03. The maximum Gasteiger partial charge on any atom is 0.228 e. The van der Waals surface area contributed by atoms with Gasteiger partial charge >= 0.3 is 0 Å². The van der Waals surface area contributed by atoms with Crippen molar-refractivity contribution < 1.29 is 9.53 Å². The second-order valence-corrected chi connectivity index (χ2v) is 4.72. The van der Waals surface area contributed by atoms with Crippen LogP contribution in [0.5, 0.6) is 5.75 Å². The van der Waals surface area contributed by atoms with Crippen LogP contribution in [0.4, 0.5) is 11.4 Å². The molecule has 0 saturated heterocycles. The maximum atomic E-state index is 12.0. The van der Waals surface area contributed by atoms with E-state index < -0.39 is 0 Å². The minimum atomic E-state index is -0.125. The lowest BCUT2D eigenvalue weighted by Crippen LogP contribution is -2.14. The molecule has 0 aliphatic carbocycles. The van der Waals surface area contributed by atoms with Gasteiger partial charge in [0.05, 0.1) is 24.2 Å². The highest BCUT2D eigenvalue weighted by molar-refractivity contribution is 6.33. The van der Waals surface area contributed by atoms with Gasteiger partial charge in [-0.3, -0.25) is 4.79 Å². The monoisotopic (exact) mass is 290 g/mol. The number of carbonyl (C=O) groups excluding carboxylic acids is 1. The summed E-state index contributed by atoms with van der Waals surface area (Å²) in [5.74, 6) is 0.603. The second kappa shape index (κ2) is 6.30. The second-order valence-electron chi connectivity index (χ2n) is 4.31. The van der Waals surface area contributed by atoms with E-state index in [0.29, 0.717) is 16.4 Å². The molecule has 0 heterocycles. The van der Waals surface area contributed by atoms with Gasteiger partial charge in [0.1, 0.15) is 5.75 Å². The number of nitrogens with one attached hydrogen (secondary N) is 1. The fourth-order valence-electron chi connectivity index (χ4n) is 1.79. The zero-order valence-electron chi connectivity index (χ0n) is 11.0. The van der Waals surface area contributed by atoms with Crippen molar-refractivity contribution in [1.29, 1.82) is 0 Å². The summed E-state index contributed by atoms with van der Waals surface area (Å²) in [5, 5.41) is 3.25. The van der Waals surface area contributed by atoms with Gasteiger partial charge in [-0.1, -0.05) is 23.7 Å². The molecule has 1 amide bonds. The number of ether oxygens (including phenoxy) is 1. The number of rotatable bonds is 4. The molecular weight excluding hydrogens is 276 g/mol. The first kappa shape index (κ1) is 14.2. The summed E-state index contributed by atoms with van der Waals surface area (Å²) in [4.78, 5) is 12.0. The molecule has 0 aliphatic rings. The van der Waals surface area contributed by atoms with Crippen molar-refractivity contribution in [3.8, 4) is 5.75 Å². The van der Waals surface area contributed by atoms with Crippen LogP contribution in [0.25, 0.3) is 0 Å². The Morgan fingerprint density at radius 2 is 2.10 bits per heavy atom. The van der Waals surface area contributed by atoms with E-state index in [0.717, 1.165) is 11.3 Å². The predicted octanol–water partition coefficient (Wildman–Crippen LogP) is 3.11. The lowest BCUT2D eigenvalue weighted by Gasteiger charge is -2.08. The molecule has 0 aromatic heterocycles. The largest absolute Gasteiger partial charge is 0.497 e. The molecule has 4 nitrogen and oxygen atoms in total. The average molecular weight is 291 g/mol. The molecule has 104 valence electrons. The zero-order chi connectivity index (χ0) is 14.5.